The topological polar surface area (TPSA) is 58.6 Å². The number of alkyl halides is 1. The van der Waals surface area contributed by atoms with Gasteiger partial charge in [0.2, 0.25) is 5.91 Å². The van der Waals surface area contributed by atoms with Crippen LogP contribution in [0.5, 0.6) is 5.75 Å². The highest BCUT2D eigenvalue weighted by molar-refractivity contribution is 6.29. The summed E-state index contributed by atoms with van der Waals surface area (Å²) in [6, 6.07) is 5.23. The number of nitrogens with one attached hydrogen (secondary N) is 1. The van der Waals surface area contributed by atoms with Crippen molar-refractivity contribution in [1.82, 2.24) is 0 Å². The van der Waals surface area contributed by atoms with Gasteiger partial charge < -0.3 is 15.0 Å². The van der Waals surface area contributed by atoms with Crippen LogP contribution >= 0.6 is 11.6 Å². The van der Waals surface area contributed by atoms with Gasteiger partial charge >= 0.3 is 0 Å². The summed E-state index contributed by atoms with van der Waals surface area (Å²) in [6.07, 6.45) is 1.92. The Labute approximate surface area is 122 Å². The first-order valence-electron chi connectivity index (χ1n) is 6.58. The van der Waals surface area contributed by atoms with Crippen molar-refractivity contribution in [3.63, 3.8) is 0 Å². The van der Waals surface area contributed by atoms with E-state index in [1.165, 1.54) is 0 Å². The second-order valence-corrected chi connectivity index (χ2v) is 4.82. The first-order chi connectivity index (χ1) is 9.65. The minimum Gasteiger partial charge on any atom is -0.482 e. The highest BCUT2D eigenvalue weighted by Crippen LogP contribution is 2.34. The molecule has 0 unspecified atom stereocenters. The molecule has 0 aromatic heterocycles. The average Bonchev–Trinajstić information content (AvgIpc) is 2.46. The zero-order valence-corrected chi connectivity index (χ0v) is 12.1. The van der Waals surface area contributed by atoms with Gasteiger partial charge in [0.1, 0.15) is 11.6 Å². The lowest BCUT2D eigenvalue weighted by Gasteiger charge is -2.29. The lowest BCUT2D eigenvalue weighted by atomic mass is 10.2. The number of nitrogens with zero attached hydrogens (tertiary/aromatic N) is 1. The van der Waals surface area contributed by atoms with Gasteiger partial charge in [-0.15, -0.1) is 11.6 Å². The van der Waals surface area contributed by atoms with Gasteiger partial charge in [-0.05, 0) is 24.6 Å². The number of hydrogen-bond acceptors (Lipinski definition) is 3. The van der Waals surface area contributed by atoms with Gasteiger partial charge in [-0.25, -0.2) is 0 Å². The van der Waals surface area contributed by atoms with Crippen molar-refractivity contribution < 1.29 is 14.3 Å². The molecule has 20 heavy (non-hydrogen) atoms. The molecule has 2 rings (SSSR count). The average molecular weight is 297 g/mol. The number of amides is 2. The minimum atomic E-state index is -0.283. The molecule has 1 aliphatic heterocycles. The van der Waals surface area contributed by atoms with Crippen LogP contribution in [0, 0.1) is 0 Å². The van der Waals surface area contributed by atoms with Gasteiger partial charge in [-0.1, -0.05) is 13.3 Å². The summed E-state index contributed by atoms with van der Waals surface area (Å²) in [4.78, 5) is 25.0. The van der Waals surface area contributed by atoms with Gasteiger partial charge in [-0.2, -0.15) is 0 Å². The van der Waals surface area contributed by atoms with Gasteiger partial charge in [0, 0.05) is 12.2 Å². The molecule has 0 aliphatic carbocycles. The molecule has 1 aliphatic rings. The SMILES string of the molecule is CCCCN1C(=O)COc2ccc(NC(=O)CCl)cc21. The fourth-order valence-corrected chi connectivity index (χ4v) is 2.10. The Hall–Kier alpha value is -1.75. The minimum absolute atomic E-state index is 0.0596. The molecule has 1 heterocycles. The monoisotopic (exact) mass is 296 g/mol. The molecule has 1 N–H and O–H groups in total. The normalized spacial score (nSPS) is 13.7. The maximum Gasteiger partial charge on any atom is 0.265 e. The summed E-state index contributed by atoms with van der Waals surface area (Å²) in [7, 11) is 0. The smallest absolute Gasteiger partial charge is 0.265 e. The Morgan fingerprint density at radius 3 is 3.00 bits per heavy atom. The number of unbranched alkanes of at least 4 members (excludes halogenated alkanes) is 1. The molecule has 0 spiro atoms. The van der Waals surface area contributed by atoms with E-state index in [2.05, 4.69) is 12.2 Å². The number of carbonyl (C=O) groups excluding carboxylic acids is 2. The number of rotatable bonds is 5. The van der Waals surface area contributed by atoms with E-state index >= 15 is 0 Å². The Morgan fingerprint density at radius 1 is 1.50 bits per heavy atom. The largest absolute Gasteiger partial charge is 0.482 e. The number of ether oxygens (including phenoxy) is 1. The number of fused-ring (bicyclic) bond motifs is 1. The van der Waals surface area contributed by atoms with E-state index in [4.69, 9.17) is 16.3 Å². The van der Waals surface area contributed by atoms with Gasteiger partial charge in [-0.3, -0.25) is 9.59 Å². The summed E-state index contributed by atoms with van der Waals surface area (Å²) < 4.78 is 5.40. The molecule has 1 aromatic carbocycles. The second kappa shape index (κ2) is 6.61. The predicted molar refractivity (Wildman–Crippen MR) is 78.5 cm³/mol. The summed E-state index contributed by atoms with van der Waals surface area (Å²) >= 11 is 5.46. The Morgan fingerprint density at radius 2 is 2.30 bits per heavy atom. The molecule has 6 heteroatoms. The summed E-state index contributed by atoms with van der Waals surface area (Å²) in [5.41, 5.74) is 1.30. The van der Waals surface area contributed by atoms with E-state index in [-0.39, 0.29) is 24.3 Å². The van der Waals surface area contributed by atoms with Crippen molar-refractivity contribution in [2.45, 2.75) is 19.8 Å². The third kappa shape index (κ3) is 3.22. The fourth-order valence-electron chi connectivity index (χ4n) is 2.04. The molecule has 1 aromatic rings. The lowest BCUT2D eigenvalue weighted by molar-refractivity contribution is -0.121. The first kappa shape index (κ1) is 14.7. The van der Waals surface area contributed by atoms with Crippen LogP contribution in [0.25, 0.3) is 0 Å². The molecule has 0 radical (unpaired) electrons. The van der Waals surface area contributed by atoms with Crippen LogP contribution in [-0.4, -0.2) is 30.8 Å². The fraction of sp³-hybridized carbons (Fsp3) is 0.429. The van der Waals surface area contributed by atoms with Crippen LogP contribution in [0.3, 0.4) is 0 Å². The van der Waals surface area contributed by atoms with Gasteiger partial charge in [0.25, 0.3) is 5.91 Å². The van der Waals surface area contributed by atoms with Crippen molar-refractivity contribution in [3.8, 4) is 5.75 Å². The first-order valence-corrected chi connectivity index (χ1v) is 7.12. The molecular formula is C14H17ClN2O3. The molecule has 0 fully saturated rings. The summed E-state index contributed by atoms with van der Waals surface area (Å²) in [5.74, 6) is 0.206. The van der Waals surface area contributed by atoms with Gasteiger partial charge in [0.05, 0.1) is 5.69 Å². The van der Waals surface area contributed by atoms with Crippen LogP contribution in [0.15, 0.2) is 18.2 Å². The van der Waals surface area contributed by atoms with E-state index in [0.717, 1.165) is 12.8 Å². The quantitative estimate of drug-likeness (QED) is 0.849. The number of anilines is 2. The Bertz CT molecular complexity index is 519. The van der Waals surface area contributed by atoms with E-state index in [1.807, 2.05) is 0 Å². The van der Waals surface area contributed by atoms with E-state index in [9.17, 15) is 9.59 Å². The molecule has 5 nitrogen and oxygen atoms in total. The van der Waals surface area contributed by atoms with Crippen LogP contribution < -0.4 is 15.0 Å². The van der Waals surface area contributed by atoms with Crippen molar-refractivity contribution >= 4 is 34.8 Å². The molecule has 0 saturated carbocycles. The van der Waals surface area contributed by atoms with Crippen molar-refractivity contribution in [2.24, 2.45) is 0 Å². The van der Waals surface area contributed by atoms with Crippen molar-refractivity contribution in [2.75, 3.05) is 29.2 Å². The maximum atomic E-state index is 11.9. The van der Waals surface area contributed by atoms with E-state index in [1.54, 1.807) is 23.1 Å². The van der Waals surface area contributed by atoms with Crippen molar-refractivity contribution in [1.29, 1.82) is 0 Å². The van der Waals surface area contributed by atoms with Crippen molar-refractivity contribution in [3.05, 3.63) is 18.2 Å². The third-order valence-corrected chi connectivity index (χ3v) is 3.29. The zero-order chi connectivity index (χ0) is 14.5. The number of hydrogen-bond donors (Lipinski definition) is 1. The molecule has 0 saturated heterocycles. The van der Waals surface area contributed by atoms with E-state index in [0.29, 0.717) is 23.7 Å². The number of carbonyl (C=O) groups is 2. The predicted octanol–water partition coefficient (Wildman–Crippen LogP) is 2.39. The van der Waals surface area contributed by atoms with Crippen LogP contribution in [-0.2, 0) is 9.59 Å². The lowest BCUT2D eigenvalue weighted by Crippen LogP contribution is -2.39. The second-order valence-electron chi connectivity index (χ2n) is 4.55. The maximum absolute atomic E-state index is 11.9. The van der Waals surface area contributed by atoms with E-state index < -0.39 is 0 Å². The Kier molecular flexibility index (Phi) is 4.84. The van der Waals surface area contributed by atoms with Gasteiger partial charge in [0.15, 0.2) is 6.61 Å². The molecule has 2 amide bonds. The summed E-state index contributed by atoms with van der Waals surface area (Å²) in [6.45, 7) is 2.78. The highest BCUT2D eigenvalue weighted by Gasteiger charge is 2.25. The number of benzene rings is 1. The number of halogens is 1. The standard InChI is InChI=1S/C14H17ClN2O3/c1-2-3-6-17-11-7-10(16-13(18)8-15)4-5-12(11)20-9-14(17)19/h4-5,7H,2-3,6,8-9H2,1H3,(H,16,18). The van der Waals surface area contributed by atoms with Crippen LogP contribution in [0.1, 0.15) is 19.8 Å². The molecule has 108 valence electrons. The Balaban J connectivity index is 2.26. The third-order valence-electron chi connectivity index (χ3n) is 3.04. The molecule has 0 atom stereocenters. The molecular weight excluding hydrogens is 280 g/mol. The molecule has 0 bridgehead atoms. The van der Waals surface area contributed by atoms with Crippen LogP contribution in [0.4, 0.5) is 11.4 Å². The zero-order valence-electron chi connectivity index (χ0n) is 11.3. The highest BCUT2D eigenvalue weighted by atomic mass is 35.5. The van der Waals surface area contributed by atoms with Crippen LogP contribution in [0.2, 0.25) is 0 Å². The summed E-state index contributed by atoms with van der Waals surface area (Å²) in [5, 5.41) is 2.67.